The van der Waals surface area contributed by atoms with Crippen LogP contribution in [0.15, 0.2) is 51.2 Å². The van der Waals surface area contributed by atoms with Gasteiger partial charge in [-0.15, -0.1) is 22.7 Å². The predicted molar refractivity (Wildman–Crippen MR) is 131 cm³/mol. The predicted octanol–water partition coefficient (Wildman–Crippen LogP) is 3.33. The van der Waals surface area contributed by atoms with Gasteiger partial charge in [0.05, 0.1) is 37.1 Å². The minimum absolute atomic E-state index is 0.0411. The van der Waals surface area contributed by atoms with Gasteiger partial charge < -0.3 is 19.1 Å². The molecule has 1 saturated heterocycles. The number of morpholine rings is 1. The van der Waals surface area contributed by atoms with E-state index in [1.54, 1.807) is 47.0 Å². The summed E-state index contributed by atoms with van der Waals surface area (Å²) in [6, 6.07) is 9.61. The van der Waals surface area contributed by atoms with Crippen molar-refractivity contribution >= 4 is 34.8 Å². The minimum Gasteiger partial charge on any atom is -0.493 e. The number of benzene rings is 1. The Morgan fingerprint density at radius 2 is 2.06 bits per heavy atom. The van der Waals surface area contributed by atoms with Crippen LogP contribution >= 0.6 is 22.7 Å². The molecular formula is C23H26N4O4S2. The molecule has 0 saturated carbocycles. The molecule has 0 unspecified atom stereocenters. The van der Waals surface area contributed by atoms with Crippen LogP contribution in [0.5, 0.6) is 11.5 Å². The van der Waals surface area contributed by atoms with Crippen LogP contribution < -0.4 is 14.3 Å². The van der Waals surface area contributed by atoms with Crippen molar-refractivity contribution in [1.82, 2.24) is 9.58 Å². The van der Waals surface area contributed by atoms with Crippen LogP contribution in [0, 0.1) is 0 Å². The summed E-state index contributed by atoms with van der Waals surface area (Å²) in [5.41, 5.74) is 1.85. The highest BCUT2D eigenvalue weighted by Crippen LogP contribution is 2.28. The van der Waals surface area contributed by atoms with Crippen molar-refractivity contribution in [1.29, 1.82) is 0 Å². The maximum atomic E-state index is 12.4. The fourth-order valence-corrected chi connectivity index (χ4v) is 5.00. The minimum atomic E-state index is -0.0619. The monoisotopic (exact) mass is 486 g/mol. The molecule has 1 aliphatic rings. The zero-order valence-electron chi connectivity index (χ0n) is 18.6. The van der Waals surface area contributed by atoms with Gasteiger partial charge in [-0.05, 0) is 42.1 Å². The van der Waals surface area contributed by atoms with Crippen LogP contribution in [0.25, 0.3) is 10.6 Å². The normalized spacial score (nSPS) is 14.7. The van der Waals surface area contributed by atoms with Gasteiger partial charge >= 0.3 is 0 Å². The van der Waals surface area contributed by atoms with E-state index in [4.69, 9.17) is 19.3 Å². The largest absolute Gasteiger partial charge is 0.493 e. The zero-order valence-corrected chi connectivity index (χ0v) is 20.2. The van der Waals surface area contributed by atoms with E-state index in [2.05, 4.69) is 16.4 Å². The first-order valence-corrected chi connectivity index (χ1v) is 12.4. The van der Waals surface area contributed by atoms with Crippen LogP contribution in [-0.4, -0.2) is 68.3 Å². The lowest BCUT2D eigenvalue weighted by molar-refractivity contribution is -0.137. The number of aromatic nitrogens is 1. The summed E-state index contributed by atoms with van der Waals surface area (Å²) in [4.78, 5) is 20.6. The molecule has 0 N–H and O–H groups in total. The number of nitrogens with zero attached hydrogens (tertiary/aromatic N) is 4. The maximum Gasteiger partial charge on any atom is 0.260 e. The molecule has 4 rings (SSSR count). The number of ether oxygens (including phenoxy) is 3. The summed E-state index contributed by atoms with van der Waals surface area (Å²) in [7, 11) is 1.58. The number of amides is 1. The molecule has 174 valence electrons. The fraction of sp³-hybridized carbons (Fsp3) is 0.348. The number of hydrogen-bond donors (Lipinski definition) is 0. The van der Waals surface area contributed by atoms with Crippen LogP contribution in [-0.2, 0) is 9.53 Å². The highest BCUT2D eigenvalue weighted by Gasteiger charge is 2.18. The number of carbonyl (C=O) groups is 1. The molecule has 0 spiro atoms. The number of thiophene rings is 1. The molecule has 3 heterocycles. The first-order chi connectivity index (χ1) is 16.2. The molecule has 0 radical (unpaired) electrons. The Balaban J connectivity index is 1.51. The van der Waals surface area contributed by atoms with Crippen LogP contribution in [0.4, 0.5) is 0 Å². The second kappa shape index (κ2) is 11.3. The van der Waals surface area contributed by atoms with Gasteiger partial charge in [0.25, 0.3) is 5.91 Å². The molecule has 8 nitrogen and oxygen atoms in total. The molecule has 2 aromatic heterocycles. The Kier molecular flexibility index (Phi) is 7.92. The maximum absolute atomic E-state index is 12.4. The Hall–Kier alpha value is -2.95. The smallest absolute Gasteiger partial charge is 0.260 e. The second-order valence-electron chi connectivity index (χ2n) is 7.10. The third-order valence-corrected chi connectivity index (χ3v) is 6.72. The van der Waals surface area contributed by atoms with E-state index >= 15 is 0 Å². The number of rotatable bonds is 8. The summed E-state index contributed by atoms with van der Waals surface area (Å²) in [6.45, 7) is 4.96. The van der Waals surface area contributed by atoms with E-state index in [1.165, 1.54) is 0 Å². The van der Waals surface area contributed by atoms with E-state index in [1.807, 2.05) is 35.2 Å². The van der Waals surface area contributed by atoms with Gasteiger partial charge in [0.2, 0.25) is 4.80 Å². The summed E-state index contributed by atoms with van der Waals surface area (Å²) in [5.74, 6) is 0.995. The molecule has 1 fully saturated rings. The number of methoxy groups -OCH3 is 1. The van der Waals surface area contributed by atoms with Crippen molar-refractivity contribution in [2.45, 2.75) is 6.92 Å². The van der Waals surface area contributed by atoms with Gasteiger partial charge in [-0.25, -0.2) is 4.68 Å². The van der Waals surface area contributed by atoms with Gasteiger partial charge in [-0.2, -0.15) is 5.10 Å². The lowest BCUT2D eigenvalue weighted by Gasteiger charge is -2.26. The first-order valence-electron chi connectivity index (χ1n) is 10.6. The third kappa shape index (κ3) is 5.70. The van der Waals surface area contributed by atoms with Crippen LogP contribution in [0.3, 0.4) is 0 Å². The lowest BCUT2D eigenvalue weighted by Crippen LogP contribution is -2.43. The Morgan fingerprint density at radius 3 is 2.79 bits per heavy atom. The van der Waals surface area contributed by atoms with E-state index in [-0.39, 0.29) is 12.5 Å². The molecule has 1 amide bonds. The summed E-state index contributed by atoms with van der Waals surface area (Å²) < 4.78 is 18.4. The van der Waals surface area contributed by atoms with Crippen molar-refractivity contribution < 1.29 is 19.0 Å². The van der Waals surface area contributed by atoms with E-state index in [0.29, 0.717) is 44.3 Å². The standard InChI is InChI=1S/C23H26N4O4S2/c1-3-24-23-27(18(16-33-23)21-5-4-12-32-21)25-14-17-6-7-19(20(13-17)29-2)31-15-22(28)26-8-10-30-11-9-26/h4-7,12-14,16H,3,8-11,15H2,1-2H3. The Labute approximate surface area is 200 Å². The fourth-order valence-electron chi connectivity index (χ4n) is 3.30. The number of thiazole rings is 1. The highest BCUT2D eigenvalue weighted by atomic mass is 32.1. The van der Waals surface area contributed by atoms with Crippen molar-refractivity contribution in [3.8, 4) is 22.1 Å². The van der Waals surface area contributed by atoms with Crippen molar-refractivity contribution in [2.24, 2.45) is 10.1 Å². The zero-order chi connectivity index (χ0) is 23.0. The molecule has 0 bridgehead atoms. The van der Waals surface area contributed by atoms with Gasteiger partial charge in [-0.3, -0.25) is 9.79 Å². The quantitative estimate of drug-likeness (QED) is 0.458. The Morgan fingerprint density at radius 1 is 1.21 bits per heavy atom. The average Bonchev–Trinajstić information content (AvgIpc) is 3.52. The van der Waals surface area contributed by atoms with Gasteiger partial charge in [-0.1, -0.05) is 6.07 Å². The van der Waals surface area contributed by atoms with Crippen molar-refractivity contribution in [2.75, 3.05) is 46.6 Å². The average molecular weight is 487 g/mol. The van der Waals surface area contributed by atoms with Gasteiger partial charge in [0.15, 0.2) is 18.1 Å². The summed E-state index contributed by atoms with van der Waals surface area (Å²) >= 11 is 3.23. The van der Waals surface area contributed by atoms with E-state index in [9.17, 15) is 4.79 Å². The summed E-state index contributed by atoms with van der Waals surface area (Å²) in [5, 5.41) is 8.81. The second-order valence-corrected chi connectivity index (χ2v) is 8.89. The highest BCUT2D eigenvalue weighted by molar-refractivity contribution is 7.14. The molecule has 0 atom stereocenters. The van der Waals surface area contributed by atoms with Crippen LogP contribution in [0.2, 0.25) is 0 Å². The van der Waals surface area contributed by atoms with E-state index < -0.39 is 0 Å². The summed E-state index contributed by atoms with van der Waals surface area (Å²) in [6.07, 6.45) is 1.77. The van der Waals surface area contributed by atoms with Gasteiger partial charge in [0, 0.05) is 25.0 Å². The van der Waals surface area contributed by atoms with Crippen molar-refractivity contribution in [3.05, 3.63) is 51.5 Å². The molecule has 1 aliphatic heterocycles. The van der Waals surface area contributed by atoms with Gasteiger partial charge in [0.1, 0.15) is 0 Å². The van der Waals surface area contributed by atoms with Crippen LogP contribution in [0.1, 0.15) is 12.5 Å². The topological polar surface area (TPSA) is 77.7 Å². The molecule has 0 aliphatic carbocycles. The molecule has 1 aromatic carbocycles. The lowest BCUT2D eigenvalue weighted by atomic mass is 10.2. The molecular weight excluding hydrogens is 460 g/mol. The SMILES string of the molecule is CCN=c1scc(-c2cccs2)n1N=Cc1ccc(OCC(=O)N2CCOCC2)c(OC)c1. The molecule has 3 aromatic rings. The molecule has 33 heavy (non-hydrogen) atoms. The third-order valence-electron chi connectivity index (χ3n) is 4.98. The van der Waals surface area contributed by atoms with E-state index in [0.717, 1.165) is 20.9 Å². The Bertz CT molecular complexity index is 1160. The number of carbonyl (C=O) groups excluding carboxylic acids is 1. The van der Waals surface area contributed by atoms with Crippen molar-refractivity contribution in [3.63, 3.8) is 0 Å². The first kappa shape index (κ1) is 23.2. The number of hydrogen-bond acceptors (Lipinski definition) is 8. The molecule has 10 heteroatoms.